The van der Waals surface area contributed by atoms with E-state index in [0.717, 1.165) is 25.9 Å². The van der Waals surface area contributed by atoms with Gasteiger partial charge < -0.3 is 10.2 Å². The minimum absolute atomic E-state index is 0.0559. The zero-order chi connectivity index (χ0) is 13.9. The molecule has 2 rings (SSSR count). The number of likely N-dealkylation sites (tertiary alicyclic amines) is 1. The van der Waals surface area contributed by atoms with Crippen LogP contribution in [0.3, 0.4) is 0 Å². The third-order valence-corrected chi connectivity index (χ3v) is 3.97. The van der Waals surface area contributed by atoms with Crippen LogP contribution in [0, 0.1) is 0 Å². The van der Waals surface area contributed by atoms with Crippen molar-refractivity contribution in [3.63, 3.8) is 0 Å². The molecule has 0 unspecified atom stereocenters. The van der Waals surface area contributed by atoms with Gasteiger partial charge in [-0.2, -0.15) is 0 Å². The predicted octanol–water partition coefficient (Wildman–Crippen LogP) is 0.639. The molecular weight excluding hydrogens is 266 g/mol. The van der Waals surface area contributed by atoms with Gasteiger partial charge in [0.2, 0.25) is 10.0 Å². The average Bonchev–Trinajstić information content (AvgIpc) is 2.89. The van der Waals surface area contributed by atoms with E-state index >= 15 is 0 Å². The summed E-state index contributed by atoms with van der Waals surface area (Å²) >= 11 is 0. The normalized spacial score (nSPS) is 15.5. The molecule has 104 valence electrons. The maximum atomic E-state index is 11.8. The third kappa shape index (κ3) is 3.68. The van der Waals surface area contributed by atoms with Crippen LogP contribution in [0.1, 0.15) is 18.4 Å². The summed E-state index contributed by atoms with van der Waals surface area (Å²) in [6.45, 7) is 1.85. The molecule has 1 fully saturated rings. The van der Waals surface area contributed by atoms with Crippen molar-refractivity contribution in [2.45, 2.75) is 24.3 Å². The molecule has 6 nitrogen and oxygen atoms in total. The highest BCUT2D eigenvalue weighted by Gasteiger charge is 2.17. The van der Waals surface area contributed by atoms with E-state index in [9.17, 15) is 13.2 Å². The zero-order valence-electron chi connectivity index (χ0n) is 10.5. The van der Waals surface area contributed by atoms with Gasteiger partial charge in [0.25, 0.3) is 0 Å². The second kappa shape index (κ2) is 5.58. The second-order valence-corrected chi connectivity index (χ2v) is 6.11. The van der Waals surface area contributed by atoms with Crippen LogP contribution >= 0.6 is 0 Å². The van der Waals surface area contributed by atoms with Crippen molar-refractivity contribution in [1.29, 1.82) is 0 Å². The fourth-order valence-electron chi connectivity index (χ4n) is 2.04. The monoisotopic (exact) mass is 283 g/mol. The molecule has 0 saturated carbocycles. The maximum absolute atomic E-state index is 11.8. The Morgan fingerprint density at radius 1 is 1.32 bits per heavy atom. The number of urea groups is 1. The van der Waals surface area contributed by atoms with Gasteiger partial charge in [-0.05, 0) is 30.5 Å². The van der Waals surface area contributed by atoms with Gasteiger partial charge in [0, 0.05) is 19.6 Å². The van der Waals surface area contributed by atoms with Crippen LogP contribution < -0.4 is 10.5 Å². The molecular formula is C12H17N3O3S. The van der Waals surface area contributed by atoms with Crippen LogP contribution in [0.4, 0.5) is 4.79 Å². The minimum atomic E-state index is -3.70. The largest absolute Gasteiger partial charge is 0.334 e. The van der Waals surface area contributed by atoms with Crippen molar-refractivity contribution >= 4 is 16.1 Å². The summed E-state index contributed by atoms with van der Waals surface area (Å²) < 4.78 is 22.4. The van der Waals surface area contributed by atoms with E-state index in [0.29, 0.717) is 12.1 Å². The summed E-state index contributed by atoms with van der Waals surface area (Å²) in [7, 11) is -3.70. The van der Waals surface area contributed by atoms with Crippen LogP contribution in [-0.2, 0) is 16.6 Å². The van der Waals surface area contributed by atoms with Gasteiger partial charge in [-0.15, -0.1) is 0 Å². The Labute approximate surface area is 112 Å². The van der Waals surface area contributed by atoms with Crippen LogP contribution in [0.2, 0.25) is 0 Å². The Morgan fingerprint density at radius 2 is 2.00 bits per heavy atom. The first kappa shape index (κ1) is 13.8. The Balaban J connectivity index is 1.98. The topological polar surface area (TPSA) is 92.5 Å². The number of carbonyl (C=O) groups excluding carboxylic acids is 1. The number of hydrogen-bond acceptors (Lipinski definition) is 3. The number of rotatable bonds is 3. The van der Waals surface area contributed by atoms with Crippen molar-refractivity contribution in [2.24, 2.45) is 5.14 Å². The molecule has 0 aliphatic carbocycles. The highest BCUT2D eigenvalue weighted by atomic mass is 32.2. The van der Waals surface area contributed by atoms with Crippen molar-refractivity contribution in [2.75, 3.05) is 13.1 Å². The summed E-state index contributed by atoms with van der Waals surface area (Å²) in [5.41, 5.74) is 0.707. The Morgan fingerprint density at radius 3 is 2.63 bits per heavy atom. The first-order valence-electron chi connectivity index (χ1n) is 6.11. The fourth-order valence-corrected chi connectivity index (χ4v) is 2.63. The predicted molar refractivity (Wildman–Crippen MR) is 70.9 cm³/mol. The highest BCUT2D eigenvalue weighted by molar-refractivity contribution is 7.89. The number of benzene rings is 1. The SMILES string of the molecule is NS(=O)(=O)c1cccc(CNC(=O)N2CCCC2)c1. The number of primary sulfonamides is 1. The summed E-state index contributed by atoms with van der Waals surface area (Å²) in [6, 6.07) is 6.15. The van der Waals surface area contributed by atoms with Crippen LogP contribution in [0.5, 0.6) is 0 Å². The van der Waals surface area contributed by atoms with Gasteiger partial charge in [-0.1, -0.05) is 12.1 Å². The lowest BCUT2D eigenvalue weighted by Gasteiger charge is -2.16. The molecule has 0 bridgehead atoms. The highest BCUT2D eigenvalue weighted by Crippen LogP contribution is 2.11. The number of hydrogen-bond donors (Lipinski definition) is 2. The van der Waals surface area contributed by atoms with E-state index < -0.39 is 10.0 Å². The number of amides is 2. The van der Waals surface area contributed by atoms with Gasteiger partial charge in [0.05, 0.1) is 4.90 Å². The zero-order valence-corrected chi connectivity index (χ0v) is 11.3. The van der Waals surface area contributed by atoms with Gasteiger partial charge in [0.1, 0.15) is 0 Å². The Hall–Kier alpha value is -1.60. The van der Waals surface area contributed by atoms with Crippen LogP contribution in [0.15, 0.2) is 29.2 Å². The van der Waals surface area contributed by atoms with Crippen LogP contribution in [-0.4, -0.2) is 32.4 Å². The Bertz CT molecular complexity index is 565. The molecule has 2 amide bonds. The van der Waals surface area contributed by atoms with E-state index in [-0.39, 0.29) is 10.9 Å². The van der Waals surface area contributed by atoms with Crippen molar-refractivity contribution in [3.8, 4) is 0 Å². The van der Waals surface area contributed by atoms with E-state index in [4.69, 9.17) is 5.14 Å². The maximum Gasteiger partial charge on any atom is 0.317 e. The number of nitrogens with one attached hydrogen (secondary N) is 1. The summed E-state index contributed by atoms with van der Waals surface area (Å²) in [5, 5.41) is 7.83. The lowest BCUT2D eigenvalue weighted by Crippen LogP contribution is -2.37. The minimum Gasteiger partial charge on any atom is -0.334 e. The molecule has 3 N–H and O–H groups in total. The van der Waals surface area contributed by atoms with Gasteiger partial charge >= 0.3 is 6.03 Å². The van der Waals surface area contributed by atoms with E-state index in [1.165, 1.54) is 12.1 Å². The summed E-state index contributed by atoms with van der Waals surface area (Å²) in [6.07, 6.45) is 2.07. The van der Waals surface area contributed by atoms with Gasteiger partial charge in [0.15, 0.2) is 0 Å². The van der Waals surface area contributed by atoms with Crippen molar-refractivity contribution < 1.29 is 13.2 Å². The number of carbonyl (C=O) groups is 1. The number of nitrogens with two attached hydrogens (primary N) is 1. The average molecular weight is 283 g/mol. The lowest BCUT2D eigenvalue weighted by molar-refractivity contribution is 0.208. The van der Waals surface area contributed by atoms with Crippen molar-refractivity contribution in [3.05, 3.63) is 29.8 Å². The molecule has 0 aromatic heterocycles. The molecule has 1 aliphatic heterocycles. The molecule has 0 atom stereocenters. The first-order valence-corrected chi connectivity index (χ1v) is 7.66. The lowest BCUT2D eigenvalue weighted by atomic mass is 10.2. The molecule has 7 heteroatoms. The number of sulfonamides is 1. The molecule has 1 aromatic rings. The Kier molecular flexibility index (Phi) is 4.06. The molecule has 1 aliphatic rings. The van der Waals surface area contributed by atoms with E-state index in [1.54, 1.807) is 17.0 Å². The third-order valence-electron chi connectivity index (χ3n) is 3.06. The second-order valence-electron chi connectivity index (χ2n) is 4.55. The smallest absolute Gasteiger partial charge is 0.317 e. The molecule has 0 spiro atoms. The standard InChI is InChI=1S/C12H17N3O3S/c13-19(17,18)11-5-3-4-10(8-11)9-14-12(16)15-6-1-2-7-15/h3-5,8H,1-2,6-7,9H2,(H,14,16)(H2,13,17,18). The molecule has 1 saturated heterocycles. The molecule has 1 heterocycles. The molecule has 19 heavy (non-hydrogen) atoms. The number of nitrogens with zero attached hydrogens (tertiary/aromatic N) is 1. The first-order chi connectivity index (χ1) is 8.97. The molecule has 0 radical (unpaired) electrons. The van der Waals surface area contributed by atoms with Crippen molar-refractivity contribution in [1.82, 2.24) is 10.2 Å². The van der Waals surface area contributed by atoms with Gasteiger partial charge in [-0.25, -0.2) is 18.4 Å². The summed E-state index contributed by atoms with van der Waals surface area (Å²) in [5.74, 6) is 0. The quantitative estimate of drug-likeness (QED) is 0.852. The van der Waals surface area contributed by atoms with Crippen LogP contribution in [0.25, 0.3) is 0 Å². The summed E-state index contributed by atoms with van der Waals surface area (Å²) in [4.78, 5) is 13.6. The van der Waals surface area contributed by atoms with E-state index in [1.807, 2.05) is 0 Å². The molecule has 1 aromatic carbocycles. The van der Waals surface area contributed by atoms with E-state index in [2.05, 4.69) is 5.32 Å². The fraction of sp³-hybridized carbons (Fsp3) is 0.417. The van der Waals surface area contributed by atoms with Gasteiger partial charge in [-0.3, -0.25) is 0 Å².